The van der Waals surface area contributed by atoms with Gasteiger partial charge in [0.05, 0.1) is 11.7 Å². The molecule has 0 saturated heterocycles. The van der Waals surface area contributed by atoms with Gasteiger partial charge in [0.1, 0.15) is 4.83 Å². The van der Waals surface area contributed by atoms with E-state index in [2.05, 4.69) is 11.9 Å². The van der Waals surface area contributed by atoms with Crippen molar-refractivity contribution in [2.24, 2.45) is 7.05 Å². The van der Waals surface area contributed by atoms with E-state index < -0.39 is 0 Å². The molecule has 0 aliphatic carbocycles. The summed E-state index contributed by atoms with van der Waals surface area (Å²) in [5.41, 5.74) is 0.0496. The molecule has 0 N–H and O–H groups in total. The minimum absolute atomic E-state index is 0.0496. The lowest BCUT2D eigenvalue weighted by Gasteiger charge is -1.93. The van der Waals surface area contributed by atoms with Gasteiger partial charge in [-0.25, -0.2) is 4.98 Å². The summed E-state index contributed by atoms with van der Waals surface area (Å²) in [5.74, 6) is 0. The fraction of sp³-hybridized carbons (Fsp3) is 0.400. The number of hydrogen-bond acceptors (Lipinski definition) is 3. The first-order chi connectivity index (χ1) is 6.72. The third-order valence-electron chi connectivity index (χ3n) is 2.16. The third kappa shape index (κ3) is 1.46. The number of aromatic nitrogens is 2. The summed E-state index contributed by atoms with van der Waals surface area (Å²) in [7, 11) is 1.73. The Balaban J connectivity index is 2.65. The maximum Gasteiger partial charge on any atom is 0.261 e. The Kier molecular flexibility index (Phi) is 2.37. The molecule has 0 bridgehead atoms. The Morgan fingerprint density at radius 2 is 2.36 bits per heavy atom. The molecule has 2 rings (SSSR count). The van der Waals surface area contributed by atoms with Gasteiger partial charge in [-0.2, -0.15) is 0 Å². The lowest BCUT2D eigenvalue weighted by molar-refractivity contribution is 0.844. The Morgan fingerprint density at radius 3 is 3.07 bits per heavy atom. The zero-order chi connectivity index (χ0) is 10.1. The van der Waals surface area contributed by atoms with Crippen LogP contribution in [-0.4, -0.2) is 9.55 Å². The van der Waals surface area contributed by atoms with Crippen molar-refractivity contribution < 1.29 is 0 Å². The van der Waals surface area contributed by atoms with E-state index in [9.17, 15) is 4.79 Å². The number of fused-ring (bicyclic) bond motifs is 1. The van der Waals surface area contributed by atoms with E-state index in [4.69, 9.17) is 0 Å². The maximum atomic E-state index is 11.7. The Bertz CT molecular complexity index is 512. The highest BCUT2D eigenvalue weighted by molar-refractivity contribution is 7.18. The molecule has 0 aromatic carbocycles. The van der Waals surface area contributed by atoms with Crippen LogP contribution in [0, 0.1) is 0 Å². The van der Waals surface area contributed by atoms with E-state index in [1.165, 1.54) is 9.44 Å². The summed E-state index contributed by atoms with van der Waals surface area (Å²) in [6.07, 6.45) is 3.72. The summed E-state index contributed by atoms with van der Waals surface area (Å²) in [4.78, 5) is 18.0. The van der Waals surface area contributed by atoms with Gasteiger partial charge in [-0.1, -0.05) is 13.3 Å². The van der Waals surface area contributed by atoms with Crippen LogP contribution in [0.15, 0.2) is 17.2 Å². The van der Waals surface area contributed by atoms with Gasteiger partial charge in [0.2, 0.25) is 0 Å². The van der Waals surface area contributed by atoms with Gasteiger partial charge in [-0.15, -0.1) is 11.3 Å². The molecule has 0 amide bonds. The molecule has 4 heteroatoms. The molecule has 14 heavy (non-hydrogen) atoms. The average Bonchev–Trinajstić information content (AvgIpc) is 2.56. The summed E-state index contributed by atoms with van der Waals surface area (Å²) in [5, 5.41) is 0.753. The summed E-state index contributed by atoms with van der Waals surface area (Å²) >= 11 is 1.62. The minimum Gasteiger partial charge on any atom is -0.302 e. The molecule has 2 aromatic heterocycles. The highest BCUT2D eigenvalue weighted by atomic mass is 32.1. The molecule has 0 unspecified atom stereocenters. The molecule has 2 heterocycles. The first kappa shape index (κ1) is 9.40. The fourth-order valence-corrected chi connectivity index (χ4v) is 2.52. The van der Waals surface area contributed by atoms with Gasteiger partial charge in [0, 0.05) is 11.9 Å². The van der Waals surface area contributed by atoms with E-state index in [-0.39, 0.29) is 5.56 Å². The molecule has 2 aromatic rings. The van der Waals surface area contributed by atoms with Crippen molar-refractivity contribution in [1.82, 2.24) is 9.55 Å². The van der Waals surface area contributed by atoms with Crippen LogP contribution in [0.25, 0.3) is 10.2 Å². The van der Waals surface area contributed by atoms with Crippen LogP contribution >= 0.6 is 11.3 Å². The highest BCUT2D eigenvalue weighted by Crippen LogP contribution is 2.21. The van der Waals surface area contributed by atoms with Crippen LogP contribution in [0.5, 0.6) is 0 Å². The number of hydrogen-bond donors (Lipinski definition) is 0. The molecule has 0 radical (unpaired) electrons. The van der Waals surface area contributed by atoms with Crippen molar-refractivity contribution in [1.29, 1.82) is 0 Å². The lowest BCUT2D eigenvalue weighted by atomic mass is 10.2. The second-order valence-electron chi connectivity index (χ2n) is 3.34. The topological polar surface area (TPSA) is 34.9 Å². The van der Waals surface area contributed by atoms with Gasteiger partial charge in [0.25, 0.3) is 5.56 Å². The Labute approximate surface area is 86.0 Å². The largest absolute Gasteiger partial charge is 0.302 e. The van der Waals surface area contributed by atoms with E-state index >= 15 is 0 Å². The number of rotatable bonds is 2. The van der Waals surface area contributed by atoms with Gasteiger partial charge in [0.15, 0.2) is 0 Å². The van der Waals surface area contributed by atoms with Crippen molar-refractivity contribution >= 4 is 21.6 Å². The predicted molar refractivity (Wildman–Crippen MR) is 58.9 cm³/mol. The lowest BCUT2D eigenvalue weighted by Crippen LogP contribution is -2.15. The molecule has 0 spiro atoms. The maximum absolute atomic E-state index is 11.7. The smallest absolute Gasteiger partial charge is 0.261 e. The second kappa shape index (κ2) is 3.53. The van der Waals surface area contributed by atoms with Gasteiger partial charge < -0.3 is 4.57 Å². The highest BCUT2D eigenvalue weighted by Gasteiger charge is 2.06. The van der Waals surface area contributed by atoms with Gasteiger partial charge in [-0.3, -0.25) is 4.79 Å². The van der Waals surface area contributed by atoms with Crippen LogP contribution in [0.2, 0.25) is 0 Å². The predicted octanol–water partition coefficient (Wildman–Crippen LogP) is 1.95. The van der Waals surface area contributed by atoms with Crippen LogP contribution < -0.4 is 5.56 Å². The molecular formula is C10H12N2OS. The molecular weight excluding hydrogens is 196 g/mol. The minimum atomic E-state index is 0.0496. The summed E-state index contributed by atoms with van der Waals surface area (Å²) in [6, 6.07) is 1.97. The van der Waals surface area contributed by atoms with Crippen molar-refractivity contribution in [2.75, 3.05) is 0 Å². The van der Waals surface area contributed by atoms with E-state index in [1.54, 1.807) is 24.7 Å². The molecule has 74 valence electrons. The average molecular weight is 208 g/mol. The van der Waals surface area contributed by atoms with Crippen LogP contribution in [0.4, 0.5) is 0 Å². The normalized spacial score (nSPS) is 11.0. The Morgan fingerprint density at radius 1 is 1.57 bits per heavy atom. The standard InChI is InChI=1S/C10H12N2OS/c1-3-4-7-5-8-9(14-7)11-6-12(2)10(8)13/h5-6H,3-4H2,1-2H3. The van der Waals surface area contributed by atoms with E-state index in [0.717, 1.165) is 23.1 Å². The monoisotopic (exact) mass is 208 g/mol. The molecule has 0 aliphatic heterocycles. The van der Waals surface area contributed by atoms with Crippen LogP contribution in [0.1, 0.15) is 18.2 Å². The van der Waals surface area contributed by atoms with Crippen molar-refractivity contribution in [3.63, 3.8) is 0 Å². The van der Waals surface area contributed by atoms with Crippen molar-refractivity contribution in [3.05, 3.63) is 27.6 Å². The quantitative estimate of drug-likeness (QED) is 0.756. The van der Waals surface area contributed by atoms with Gasteiger partial charge >= 0.3 is 0 Å². The third-order valence-corrected chi connectivity index (χ3v) is 3.26. The molecule has 0 aliphatic rings. The molecule has 3 nitrogen and oxygen atoms in total. The number of aryl methyl sites for hydroxylation is 2. The van der Waals surface area contributed by atoms with Crippen LogP contribution in [0.3, 0.4) is 0 Å². The number of nitrogens with zero attached hydrogens (tertiary/aromatic N) is 2. The van der Waals surface area contributed by atoms with Crippen LogP contribution in [-0.2, 0) is 13.5 Å². The molecule has 0 saturated carbocycles. The van der Waals surface area contributed by atoms with Gasteiger partial charge in [-0.05, 0) is 12.5 Å². The summed E-state index contributed by atoms with van der Waals surface area (Å²) in [6.45, 7) is 2.13. The Hall–Kier alpha value is -1.16. The van der Waals surface area contributed by atoms with E-state index in [0.29, 0.717) is 0 Å². The zero-order valence-corrected chi connectivity index (χ0v) is 9.10. The van der Waals surface area contributed by atoms with Crippen molar-refractivity contribution in [3.8, 4) is 0 Å². The fourth-order valence-electron chi connectivity index (χ4n) is 1.43. The van der Waals surface area contributed by atoms with E-state index in [1.807, 2.05) is 6.07 Å². The zero-order valence-electron chi connectivity index (χ0n) is 8.28. The molecule has 0 fully saturated rings. The molecule has 0 atom stereocenters. The SMILES string of the molecule is CCCc1cc2c(=O)n(C)cnc2s1. The first-order valence-corrected chi connectivity index (χ1v) is 5.48. The first-order valence-electron chi connectivity index (χ1n) is 4.66. The van der Waals surface area contributed by atoms with Crippen molar-refractivity contribution in [2.45, 2.75) is 19.8 Å². The second-order valence-corrected chi connectivity index (χ2v) is 4.46. The summed E-state index contributed by atoms with van der Waals surface area (Å²) < 4.78 is 1.52. The number of thiophene rings is 1.